The number of hydrogen-bond acceptors (Lipinski definition) is 4. The number of aromatic nitrogens is 3. The van der Waals surface area contributed by atoms with E-state index in [1.165, 1.54) is 22.9 Å². The van der Waals surface area contributed by atoms with E-state index >= 15 is 0 Å². The van der Waals surface area contributed by atoms with Crippen LogP contribution in [-0.4, -0.2) is 27.1 Å². The molecule has 23 heavy (non-hydrogen) atoms. The van der Waals surface area contributed by atoms with Crippen LogP contribution in [0.2, 0.25) is 0 Å². The predicted octanol–water partition coefficient (Wildman–Crippen LogP) is 3.58. The van der Waals surface area contributed by atoms with Crippen LogP contribution in [0.25, 0.3) is 0 Å². The van der Waals surface area contributed by atoms with E-state index in [-0.39, 0.29) is 5.69 Å². The number of rotatable bonds is 8. The van der Waals surface area contributed by atoms with Crippen molar-refractivity contribution in [3.05, 3.63) is 39.8 Å². The van der Waals surface area contributed by atoms with Gasteiger partial charge in [0.2, 0.25) is 0 Å². The lowest BCUT2D eigenvalue weighted by Crippen LogP contribution is -2.17. The quantitative estimate of drug-likeness (QED) is 0.592. The number of H-pyrrole nitrogens is 1. The lowest BCUT2D eigenvalue weighted by Gasteiger charge is -2.12. The molecule has 0 spiro atoms. The molecule has 0 amide bonds. The van der Waals surface area contributed by atoms with E-state index < -0.39 is 0 Å². The second-order valence-corrected chi connectivity index (χ2v) is 6.90. The maximum absolute atomic E-state index is 11.6. The fraction of sp³-hybridized carbons (Fsp3) is 0.529. The summed E-state index contributed by atoms with van der Waals surface area (Å²) in [5, 5.41) is 7.29. The Morgan fingerprint density at radius 1 is 1.39 bits per heavy atom. The molecule has 1 aromatic heterocycles. The Bertz CT molecular complexity index is 691. The monoisotopic (exact) mass is 335 g/mol. The van der Waals surface area contributed by atoms with E-state index in [2.05, 4.69) is 43.1 Å². The summed E-state index contributed by atoms with van der Waals surface area (Å²) >= 11 is 1.53. The number of nitrogens with zero attached hydrogens (tertiary/aromatic N) is 2. The molecule has 2 rings (SSSR count). The highest BCUT2D eigenvalue weighted by molar-refractivity contribution is 7.99. The largest absolute Gasteiger partial charge is 0.493 e. The van der Waals surface area contributed by atoms with Gasteiger partial charge in [0.05, 0.1) is 6.61 Å². The summed E-state index contributed by atoms with van der Waals surface area (Å²) in [6.45, 7) is 9.81. The average Bonchev–Trinajstić information content (AvgIpc) is 2.85. The molecule has 0 saturated heterocycles. The molecule has 0 aliphatic carbocycles. The van der Waals surface area contributed by atoms with Crippen LogP contribution in [-0.2, 0) is 6.54 Å². The van der Waals surface area contributed by atoms with Gasteiger partial charge in [0.25, 0.3) is 0 Å². The molecule has 5 nitrogen and oxygen atoms in total. The lowest BCUT2D eigenvalue weighted by molar-refractivity contribution is 0.343. The van der Waals surface area contributed by atoms with Crippen LogP contribution < -0.4 is 10.4 Å². The van der Waals surface area contributed by atoms with Gasteiger partial charge in [-0.2, -0.15) is 0 Å². The normalized spacial score (nSPS) is 11.2. The first kappa shape index (κ1) is 17.7. The van der Waals surface area contributed by atoms with Crippen molar-refractivity contribution in [1.29, 1.82) is 0 Å². The second kappa shape index (κ2) is 8.24. The first-order chi connectivity index (χ1) is 11.0. The van der Waals surface area contributed by atoms with Gasteiger partial charge < -0.3 is 4.74 Å². The van der Waals surface area contributed by atoms with Crippen molar-refractivity contribution in [3.63, 3.8) is 0 Å². The Labute approximate surface area is 141 Å². The molecule has 0 bridgehead atoms. The van der Waals surface area contributed by atoms with Crippen LogP contribution in [0, 0.1) is 6.92 Å². The number of benzene rings is 1. The van der Waals surface area contributed by atoms with E-state index in [4.69, 9.17) is 4.74 Å². The van der Waals surface area contributed by atoms with Crippen molar-refractivity contribution in [2.24, 2.45) is 0 Å². The topological polar surface area (TPSA) is 59.9 Å². The van der Waals surface area contributed by atoms with Gasteiger partial charge in [-0.05, 0) is 42.5 Å². The minimum atomic E-state index is -0.143. The highest BCUT2D eigenvalue weighted by Crippen LogP contribution is 2.23. The van der Waals surface area contributed by atoms with Crippen LogP contribution >= 0.6 is 11.8 Å². The minimum Gasteiger partial charge on any atom is -0.493 e. The van der Waals surface area contributed by atoms with Gasteiger partial charge in [0.1, 0.15) is 5.75 Å². The van der Waals surface area contributed by atoms with Crippen molar-refractivity contribution < 1.29 is 4.74 Å². The zero-order valence-corrected chi connectivity index (χ0v) is 15.1. The first-order valence-electron chi connectivity index (χ1n) is 8.04. The van der Waals surface area contributed by atoms with Crippen molar-refractivity contribution in [3.8, 4) is 5.75 Å². The summed E-state index contributed by atoms with van der Waals surface area (Å²) in [6, 6.07) is 6.24. The summed E-state index contributed by atoms with van der Waals surface area (Å²) < 4.78 is 7.48. The van der Waals surface area contributed by atoms with Gasteiger partial charge in [-0.15, -0.1) is 5.10 Å². The smallest absolute Gasteiger partial charge is 0.343 e. The molecule has 6 heteroatoms. The zero-order chi connectivity index (χ0) is 16.8. The standard InChI is InChI=1S/C17H25N3O2S/c1-5-8-20-16(21)18-19-17(20)23-10-9-22-14-6-7-15(12(2)3)13(4)11-14/h6-7,11-12H,5,8-10H2,1-4H3,(H,18,21). The molecule has 0 saturated carbocycles. The Kier molecular flexibility index (Phi) is 6.33. The van der Waals surface area contributed by atoms with Gasteiger partial charge in [-0.3, -0.25) is 4.57 Å². The Balaban J connectivity index is 1.86. The molecule has 0 atom stereocenters. The van der Waals surface area contributed by atoms with E-state index in [1.54, 1.807) is 4.57 Å². The molecule has 0 radical (unpaired) electrons. The van der Waals surface area contributed by atoms with Crippen LogP contribution in [0.1, 0.15) is 44.2 Å². The first-order valence-corrected chi connectivity index (χ1v) is 9.02. The van der Waals surface area contributed by atoms with E-state index in [9.17, 15) is 4.79 Å². The summed E-state index contributed by atoms with van der Waals surface area (Å²) in [6.07, 6.45) is 0.908. The number of nitrogens with one attached hydrogen (secondary N) is 1. The maximum atomic E-state index is 11.6. The molecule has 2 aromatic rings. The Morgan fingerprint density at radius 3 is 2.83 bits per heavy atom. The third kappa shape index (κ3) is 4.64. The molecule has 1 aromatic carbocycles. The number of ether oxygens (including phenoxy) is 1. The van der Waals surface area contributed by atoms with Crippen LogP contribution in [0.3, 0.4) is 0 Å². The van der Waals surface area contributed by atoms with Crippen molar-refractivity contribution in [1.82, 2.24) is 14.8 Å². The van der Waals surface area contributed by atoms with Gasteiger partial charge in [-0.1, -0.05) is 38.6 Å². The van der Waals surface area contributed by atoms with Gasteiger partial charge >= 0.3 is 5.69 Å². The zero-order valence-electron chi connectivity index (χ0n) is 14.3. The lowest BCUT2D eigenvalue weighted by atomic mass is 9.98. The molecule has 0 unspecified atom stereocenters. The maximum Gasteiger partial charge on any atom is 0.343 e. The summed E-state index contributed by atoms with van der Waals surface area (Å²) in [5.41, 5.74) is 2.47. The van der Waals surface area contributed by atoms with Crippen LogP contribution in [0.5, 0.6) is 5.75 Å². The Morgan fingerprint density at radius 2 is 2.17 bits per heavy atom. The molecule has 126 valence electrons. The minimum absolute atomic E-state index is 0.143. The molecule has 1 N–H and O–H groups in total. The molecule has 1 heterocycles. The number of aromatic amines is 1. The number of thioether (sulfide) groups is 1. The number of hydrogen-bond donors (Lipinski definition) is 1. The number of aryl methyl sites for hydroxylation is 1. The molecular weight excluding hydrogens is 310 g/mol. The average molecular weight is 335 g/mol. The highest BCUT2D eigenvalue weighted by atomic mass is 32.2. The van der Waals surface area contributed by atoms with E-state index in [0.29, 0.717) is 19.1 Å². The second-order valence-electron chi connectivity index (χ2n) is 5.83. The fourth-order valence-corrected chi connectivity index (χ4v) is 3.30. The summed E-state index contributed by atoms with van der Waals surface area (Å²) in [7, 11) is 0. The molecular formula is C17H25N3O2S. The van der Waals surface area contributed by atoms with E-state index in [1.807, 2.05) is 13.0 Å². The molecule has 0 fully saturated rings. The van der Waals surface area contributed by atoms with Crippen molar-refractivity contribution >= 4 is 11.8 Å². The Hall–Kier alpha value is -1.69. The van der Waals surface area contributed by atoms with Gasteiger partial charge in [0, 0.05) is 12.3 Å². The highest BCUT2D eigenvalue weighted by Gasteiger charge is 2.08. The van der Waals surface area contributed by atoms with Gasteiger partial charge in [0.15, 0.2) is 5.16 Å². The third-order valence-electron chi connectivity index (χ3n) is 3.62. The van der Waals surface area contributed by atoms with Crippen molar-refractivity contribution in [2.75, 3.05) is 12.4 Å². The SMILES string of the molecule is CCCn1c(SCCOc2ccc(C(C)C)c(C)c2)n[nH]c1=O. The van der Waals surface area contributed by atoms with Crippen LogP contribution in [0.4, 0.5) is 0 Å². The summed E-state index contributed by atoms with van der Waals surface area (Å²) in [5.74, 6) is 2.16. The van der Waals surface area contributed by atoms with Crippen LogP contribution in [0.15, 0.2) is 28.2 Å². The van der Waals surface area contributed by atoms with E-state index in [0.717, 1.165) is 23.1 Å². The van der Waals surface area contributed by atoms with Gasteiger partial charge in [-0.25, -0.2) is 9.89 Å². The fourth-order valence-electron chi connectivity index (χ4n) is 2.51. The molecule has 0 aliphatic heterocycles. The van der Waals surface area contributed by atoms with Crippen molar-refractivity contribution in [2.45, 2.75) is 51.7 Å². The summed E-state index contributed by atoms with van der Waals surface area (Å²) in [4.78, 5) is 11.6. The molecule has 0 aliphatic rings. The third-order valence-corrected chi connectivity index (χ3v) is 4.56. The predicted molar refractivity (Wildman–Crippen MR) is 94.6 cm³/mol.